The van der Waals surface area contributed by atoms with Crippen LogP contribution >= 0.6 is 0 Å². The van der Waals surface area contributed by atoms with Crippen LogP contribution in [0.2, 0.25) is 0 Å². The molecule has 5 heteroatoms. The van der Waals surface area contributed by atoms with Crippen molar-refractivity contribution in [2.75, 3.05) is 0 Å². The van der Waals surface area contributed by atoms with E-state index < -0.39 is 0 Å². The largest absolute Gasteiger partial charge is 3.00 e. The Labute approximate surface area is 92.9 Å². The zero-order valence-corrected chi connectivity index (χ0v) is 8.74. The summed E-state index contributed by atoms with van der Waals surface area (Å²) in [5.41, 5.74) is 0. The van der Waals surface area contributed by atoms with Gasteiger partial charge in [-0.3, -0.25) is 0 Å². The summed E-state index contributed by atoms with van der Waals surface area (Å²) in [5.74, 6) is 0. The van der Waals surface area contributed by atoms with Crippen LogP contribution in [-0.4, -0.2) is 5.48 Å². The van der Waals surface area contributed by atoms with E-state index in [1.54, 1.807) is 0 Å². The van der Waals surface area contributed by atoms with E-state index >= 15 is 0 Å². The normalized spacial score (nSPS) is 0. The topological polar surface area (TPSA) is 31.5 Å². The maximum absolute atomic E-state index is 0. The Morgan fingerprint density at radius 2 is 0.600 bits per heavy atom. The van der Waals surface area contributed by atoms with Crippen molar-refractivity contribution in [1.82, 2.24) is 0 Å². The van der Waals surface area contributed by atoms with E-state index in [2.05, 4.69) is 0 Å². The molecule has 0 aliphatic carbocycles. The van der Waals surface area contributed by atoms with Crippen molar-refractivity contribution < 1.29 is 94.6 Å². The molecule has 0 heterocycles. The molecule has 0 aliphatic heterocycles. The minimum Gasteiger partial charge on any atom is -1.00 e. The first kappa shape index (κ1) is 47.8. The molecule has 0 aliphatic rings. The zero-order chi connectivity index (χ0) is 0. The van der Waals surface area contributed by atoms with Crippen molar-refractivity contribution in [1.29, 1.82) is 0 Å². The molecule has 0 saturated carbocycles. The fourth-order valence-corrected chi connectivity index (χ4v) is 0. The Hall–Kier alpha value is 2.67. The van der Waals surface area contributed by atoms with Gasteiger partial charge in [-0.25, -0.2) is 0 Å². The van der Waals surface area contributed by atoms with Gasteiger partial charge in [0.25, 0.3) is 0 Å². The summed E-state index contributed by atoms with van der Waals surface area (Å²) >= 11 is 0. The molecule has 0 aromatic heterocycles. The van der Waals surface area contributed by atoms with Gasteiger partial charge >= 0.3 is 38.2 Å². The van der Waals surface area contributed by atoms with Gasteiger partial charge in [0.05, 0.1) is 0 Å². The molecule has 1 radical (unpaired) electrons. The van der Waals surface area contributed by atoms with Crippen molar-refractivity contribution in [2.45, 2.75) is 0 Å². The predicted octanol–water partition coefficient (Wildman–Crippen LogP) is -9.81. The van der Waals surface area contributed by atoms with Gasteiger partial charge < -0.3 is 56.4 Å². The van der Waals surface area contributed by atoms with Crippen molar-refractivity contribution in [3.8, 4) is 0 Å². The molecule has 0 fully saturated rings. The monoisotopic (exact) mass is 419 g/mol. The van der Waals surface area contributed by atoms with Gasteiger partial charge in [-0.15, -0.1) is 0 Å². The van der Waals surface area contributed by atoms with Gasteiger partial charge in [0.2, 0.25) is 0 Å². The summed E-state index contributed by atoms with van der Waals surface area (Å²) in [6.07, 6.45) is 0. The molecule has 39 valence electrons. The molecular formula is H2Br3DyO. The first-order valence-electron chi connectivity index (χ1n) is 0. The molecule has 5 heavy (non-hydrogen) atoms. The molecule has 0 atom stereocenters. The Kier molecular flexibility index (Phi) is 288. The third-order valence-corrected chi connectivity index (χ3v) is 0. The molecule has 0 saturated heterocycles. The first-order chi connectivity index (χ1) is 0. The third kappa shape index (κ3) is 20.4. The quantitative estimate of drug-likeness (QED) is 0.373. The summed E-state index contributed by atoms with van der Waals surface area (Å²) in [4.78, 5) is 0. The molecular weight excluding hydrogens is 418 g/mol. The smallest absolute Gasteiger partial charge is 1.00 e. The molecule has 0 bridgehead atoms. The Morgan fingerprint density at radius 3 is 0.600 bits per heavy atom. The average molecular weight is 420 g/mol. The van der Waals surface area contributed by atoms with Crippen LogP contribution in [0.15, 0.2) is 0 Å². The summed E-state index contributed by atoms with van der Waals surface area (Å²) < 4.78 is 0. The fourth-order valence-electron chi connectivity index (χ4n) is 0. The molecule has 0 aromatic rings. The average Bonchev–Trinajstić information content (AvgIpc) is 0. The van der Waals surface area contributed by atoms with Gasteiger partial charge in [-0.05, 0) is 0 Å². The van der Waals surface area contributed by atoms with Crippen LogP contribution < -0.4 is 50.9 Å². The van der Waals surface area contributed by atoms with E-state index in [-0.39, 0.29) is 94.6 Å². The first-order valence-corrected chi connectivity index (χ1v) is 0. The minimum atomic E-state index is 0. The van der Waals surface area contributed by atoms with Crippen LogP contribution in [0.4, 0.5) is 0 Å². The summed E-state index contributed by atoms with van der Waals surface area (Å²) in [7, 11) is 0. The van der Waals surface area contributed by atoms with Crippen molar-refractivity contribution in [3.63, 3.8) is 0 Å². The van der Waals surface area contributed by atoms with Crippen LogP contribution in [0, 0.1) is 38.2 Å². The molecule has 1 nitrogen and oxygen atoms in total. The van der Waals surface area contributed by atoms with E-state index in [1.165, 1.54) is 0 Å². The van der Waals surface area contributed by atoms with E-state index in [9.17, 15) is 0 Å². The Morgan fingerprint density at radius 1 is 0.600 bits per heavy atom. The van der Waals surface area contributed by atoms with Gasteiger partial charge in [0.15, 0.2) is 0 Å². The van der Waals surface area contributed by atoms with E-state index in [0.717, 1.165) is 0 Å². The molecule has 2 N–H and O–H groups in total. The second kappa shape index (κ2) is 30.1. The van der Waals surface area contributed by atoms with E-state index in [4.69, 9.17) is 0 Å². The molecule has 0 aromatic carbocycles. The SMILES string of the molecule is O.[Br-].[Br-].[Br-].[Dy+3]. The van der Waals surface area contributed by atoms with Crippen LogP contribution in [0.5, 0.6) is 0 Å². The summed E-state index contributed by atoms with van der Waals surface area (Å²) in [5, 5.41) is 0. The summed E-state index contributed by atoms with van der Waals surface area (Å²) in [6.45, 7) is 0. The van der Waals surface area contributed by atoms with Crippen LogP contribution in [0.3, 0.4) is 0 Å². The minimum absolute atomic E-state index is 0. The van der Waals surface area contributed by atoms with Gasteiger partial charge in [0, 0.05) is 0 Å². The Balaban J connectivity index is 0. The van der Waals surface area contributed by atoms with Gasteiger partial charge in [-0.2, -0.15) is 0 Å². The Bertz CT molecular complexity index is 6.85. The van der Waals surface area contributed by atoms with Crippen molar-refractivity contribution in [2.24, 2.45) is 0 Å². The fraction of sp³-hybridized carbons (Fsp3) is 0. The molecule has 0 spiro atoms. The number of halogens is 3. The molecule has 0 rings (SSSR count). The predicted molar refractivity (Wildman–Crippen MR) is 3.61 cm³/mol. The number of hydrogen-bond donors (Lipinski definition) is 0. The molecule has 0 unspecified atom stereocenters. The standard InChI is InChI=1S/3BrH.Dy.H2O/h3*1H;;1H2/q;;;+3;/p-3. The van der Waals surface area contributed by atoms with E-state index in [0.29, 0.717) is 0 Å². The number of rotatable bonds is 0. The van der Waals surface area contributed by atoms with Crippen molar-refractivity contribution in [3.05, 3.63) is 0 Å². The van der Waals surface area contributed by atoms with Crippen LogP contribution in [-0.2, 0) is 0 Å². The van der Waals surface area contributed by atoms with Gasteiger partial charge in [-0.1, -0.05) is 0 Å². The zero-order valence-electron chi connectivity index (χ0n) is 1.95. The van der Waals surface area contributed by atoms with Gasteiger partial charge in [0.1, 0.15) is 0 Å². The number of hydrogen-bond acceptors (Lipinski definition) is 0. The second-order valence-corrected chi connectivity index (χ2v) is 0. The maximum atomic E-state index is 0. The van der Waals surface area contributed by atoms with Crippen LogP contribution in [0.25, 0.3) is 0 Å². The maximum Gasteiger partial charge on any atom is 3.00 e. The van der Waals surface area contributed by atoms with Crippen LogP contribution in [0.1, 0.15) is 0 Å². The third-order valence-electron chi connectivity index (χ3n) is 0. The van der Waals surface area contributed by atoms with Crippen molar-refractivity contribution >= 4 is 0 Å². The second-order valence-electron chi connectivity index (χ2n) is 0. The molecule has 0 amide bonds. The summed E-state index contributed by atoms with van der Waals surface area (Å²) in [6, 6.07) is 0. The van der Waals surface area contributed by atoms with E-state index in [1.807, 2.05) is 0 Å².